The van der Waals surface area contributed by atoms with Gasteiger partial charge in [-0.2, -0.15) is 0 Å². The number of aromatic nitrogens is 2. The molecule has 1 aromatic carbocycles. The standard InChI is InChI=1S/C22H24N4O3S/c1-25-12-10-23-20(25)15-29-18-8-6-17(7-9-18)24-21(27)16-4-2-11-26(14-16)22(28)19-5-3-13-30-19/h3,5-10,12-13,16H,2,4,11,14-15H2,1H3,(H,24,27)/t16-/m1/s1. The van der Waals surface area contributed by atoms with Crippen molar-refractivity contribution in [3.63, 3.8) is 0 Å². The highest BCUT2D eigenvalue weighted by molar-refractivity contribution is 7.12. The van der Waals surface area contributed by atoms with Gasteiger partial charge in [-0.05, 0) is 48.6 Å². The number of ether oxygens (including phenoxy) is 1. The van der Waals surface area contributed by atoms with E-state index < -0.39 is 0 Å². The van der Waals surface area contributed by atoms with Gasteiger partial charge < -0.3 is 19.5 Å². The number of thiophene rings is 1. The molecule has 3 aromatic rings. The molecule has 1 aliphatic heterocycles. The van der Waals surface area contributed by atoms with Crippen LogP contribution in [0.4, 0.5) is 5.69 Å². The number of anilines is 1. The fourth-order valence-electron chi connectivity index (χ4n) is 3.49. The zero-order chi connectivity index (χ0) is 20.9. The molecular formula is C22H24N4O3S. The van der Waals surface area contributed by atoms with Crippen molar-refractivity contribution in [1.29, 1.82) is 0 Å². The Balaban J connectivity index is 1.31. The molecule has 3 heterocycles. The van der Waals surface area contributed by atoms with Crippen molar-refractivity contribution in [1.82, 2.24) is 14.5 Å². The lowest BCUT2D eigenvalue weighted by molar-refractivity contribution is -0.121. The van der Waals surface area contributed by atoms with Gasteiger partial charge in [0.25, 0.3) is 5.91 Å². The molecule has 0 unspecified atom stereocenters. The number of carbonyl (C=O) groups is 2. The van der Waals surface area contributed by atoms with Gasteiger partial charge >= 0.3 is 0 Å². The molecule has 1 atom stereocenters. The highest BCUT2D eigenvalue weighted by Gasteiger charge is 2.29. The second kappa shape index (κ2) is 9.13. The molecule has 1 saturated heterocycles. The first-order chi connectivity index (χ1) is 14.6. The summed E-state index contributed by atoms with van der Waals surface area (Å²) in [6.07, 6.45) is 5.22. The Hall–Kier alpha value is -3.13. The number of piperidine rings is 1. The van der Waals surface area contributed by atoms with Crippen molar-refractivity contribution in [2.75, 3.05) is 18.4 Å². The number of carbonyl (C=O) groups excluding carboxylic acids is 2. The molecule has 0 spiro atoms. The molecule has 8 heteroatoms. The van der Waals surface area contributed by atoms with Crippen LogP contribution in [-0.4, -0.2) is 39.4 Å². The first-order valence-electron chi connectivity index (χ1n) is 9.93. The Morgan fingerprint density at radius 3 is 2.80 bits per heavy atom. The largest absolute Gasteiger partial charge is 0.486 e. The third-order valence-corrected chi connectivity index (χ3v) is 6.08. The number of benzene rings is 1. The Bertz CT molecular complexity index is 998. The van der Waals surface area contributed by atoms with E-state index in [0.29, 0.717) is 31.1 Å². The Labute approximate surface area is 179 Å². The van der Waals surface area contributed by atoms with Gasteiger partial charge in [-0.25, -0.2) is 4.98 Å². The van der Waals surface area contributed by atoms with Crippen LogP contribution in [-0.2, 0) is 18.4 Å². The van der Waals surface area contributed by atoms with E-state index in [1.807, 2.05) is 59.6 Å². The van der Waals surface area contributed by atoms with Crippen LogP contribution in [0.1, 0.15) is 28.3 Å². The SMILES string of the molecule is Cn1ccnc1COc1ccc(NC(=O)[C@@H]2CCCN(C(=O)c3cccs3)C2)cc1. The summed E-state index contributed by atoms with van der Waals surface area (Å²) >= 11 is 1.43. The van der Waals surface area contributed by atoms with E-state index in [2.05, 4.69) is 10.3 Å². The van der Waals surface area contributed by atoms with Crippen molar-refractivity contribution < 1.29 is 14.3 Å². The number of nitrogens with one attached hydrogen (secondary N) is 1. The lowest BCUT2D eigenvalue weighted by Crippen LogP contribution is -2.43. The number of hydrogen-bond acceptors (Lipinski definition) is 5. The maximum absolute atomic E-state index is 12.7. The van der Waals surface area contributed by atoms with Crippen molar-refractivity contribution in [2.24, 2.45) is 13.0 Å². The topological polar surface area (TPSA) is 76.5 Å². The molecule has 4 rings (SSSR count). The normalized spacial score (nSPS) is 16.3. The van der Waals surface area contributed by atoms with E-state index in [1.165, 1.54) is 11.3 Å². The molecule has 2 amide bonds. The smallest absolute Gasteiger partial charge is 0.263 e. The number of hydrogen-bond donors (Lipinski definition) is 1. The third kappa shape index (κ3) is 4.71. The molecule has 7 nitrogen and oxygen atoms in total. The highest BCUT2D eigenvalue weighted by Crippen LogP contribution is 2.23. The Morgan fingerprint density at radius 1 is 1.27 bits per heavy atom. The van der Waals surface area contributed by atoms with Crippen molar-refractivity contribution >= 4 is 28.8 Å². The minimum atomic E-state index is -0.206. The van der Waals surface area contributed by atoms with Crippen molar-refractivity contribution in [3.8, 4) is 5.75 Å². The van der Waals surface area contributed by atoms with Gasteiger partial charge in [-0.1, -0.05) is 6.07 Å². The average Bonchev–Trinajstić information content (AvgIpc) is 3.45. The molecular weight excluding hydrogens is 400 g/mol. The molecule has 156 valence electrons. The van der Waals surface area contributed by atoms with Crippen molar-refractivity contribution in [3.05, 3.63) is 64.9 Å². The van der Waals surface area contributed by atoms with E-state index >= 15 is 0 Å². The van der Waals surface area contributed by atoms with Crippen LogP contribution < -0.4 is 10.1 Å². The first kappa shape index (κ1) is 20.2. The summed E-state index contributed by atoms with van der Waals surface area (Å²) in [5.41, 5.74) is 0.714. The van der Waals surface area contributed by atoms with Crippen LogP contribution in [0.15, 0.2) is 54.2 Å². The van der Waals surface area contributed by atoms with E-state index in [4.69, 9.17) is 4.74 Å². The summed E-state index contributed by atoms with van der Waals surface area (Å²) in [5, 5.41) is 4.86. The zero-order valence-corrected chi connectivity index (χ0v) is 17.6. The lowest BCUT2D eigenvalue weighted by atomic mass is 9.97. The molecule has 0 radical (unpaired) electrons. The van der Waals surface area contributed by atoms with E-state index in [1.54, 1.807) is 11.1 Å². The fraction of sp³-hybridized carbons (Fsp3) is 0.318. The molecule has 0 aliphatic carbocycles. The number of rotatable bonds is 6. The van der Waals surface area contributed by atoms with Crippen LogP contribution in [0.5, 0.6) is 5.75 Å². The number of aryl methyl sites for hydroxylation is 1. The number of nitrogens with zero attached hydrogens (tertiary/aromatic N) is 3. The molecule has 1 fully saturated rings. The summed E-state index contributed by atoms with van der Waals surface area (Å²) < 4.78 is 7.65. The zero-order valence-electron chi connectivity index (χ0n) is 16.8. The van der Waals surface area contributed by atoms with Gasteiger partial charge in [0.05, 0.1) is 10.8 Å². The minimum Gasteiger partial charge on any atom is -0.486 e. The van der Waals surface area contributed by atoms with Crippen LogP contribution in [0, 0.1) is 5.92 Å². The molecule has 0 bridgehead atoms. The lowest BCUT2D eigenvalue weighted by Gasteiger charge is -2.31. The summed E-state index contributed by atoms with van der Waals surface area (Å²) in [4.78, 5) is 32.0. The van der Waals surface area contributed by atoms with Crippen LogP contribution >= 0.6 is 11.3 Å². The summed E-state index contributed by atoms with van der Waals surface area (Å²) in [6.45, 7) is 1.53. The van der Waals surface area contributed by atoms with Crippen LogP contribution in [0.2, 0.25) is 0 Å². The van der Waals surface area contributed by atoms with Crippen molar-refractivity contribution in [2.45, 2.75) is 19.4 Å². The van der Waals surface area contributed by atoms with E-state index in [9.17, 15) is 9.59 Å². The Kier molecular flexibility index (Phi) is 6.13. The molecule has 2 aromatic heterocycles. The average molecular weight is 425 g/mol. The second-order valence-corrected chi connectivity index (χ2v) is 8.27. The van der Waals surface area contributed by atoms with E-state index in [0.717, 1.165) is 23.5 Å². The predicted octanol–water partition coefficient (Wildman–Crippen LogP) is 3.55. The van der Waals surface area contributed by atoms with Crippen LogP contribution in [0.3, 0.4) is 0 Å². The molecule has 1 N–H and O–H groups in total. The monoisotopic (exact) mass is 424 g/mol. The maximum atomic E-state index is 12.7. The van der Waals surface area contributed by atoms with Gasteiger partial charge in [0, 0.05) is 38.2 Å². The third-order valence-electron chi connectivity index (χ3n) is 5.22. The molecule has 1 aliphatic rings. The number of likely N-dealkylation sites (tertiary alicyclic amines) is 1. The highest BCUT2D eigenvalue weighted by atomic mass is 32.1. The van der Waals surface area contributed by atoms with Crippen LogP contribution in [0.25, 0.3) is 0 Å². The number of imidazole rings is 1. The predicted molar refractivity (Wildman–Crippen MR) is 116 cm³/mol. The minimum absolute atomic E-state index is 0.0108. The first-order valence-corrected chi connectivity index (χ1v) is 10.8. The van der Waals surface area contributed by atoms with Gasteiger partial charge in [0.15, 0.2) is 0 Å². The van der Waals surface area contributed by atoms with Gasteiger partial charge in [0.2, 0.25) is 5.91 Å². The van der Waals surface area contributed by atoms with Gasteiger partial charge in [-0.3, -0.25) is 9.59 Å². The fourth-order valence-corrected chi connectivity index (χ4v) is 4.18. The van der Waals surface area contributed by atoms with Gasteiger partial charge in [-0.15, -0.1) is 11.3 Å². The second-order valence-electron chi connectivity index (χ2n) is 7.32. The van der Waals surface area contributed by atoms with Gasteiger partial charge in [0.1, 0.15) is 18.2 Å². The molecule has 0 saturated carbocycles. The maximum Gasteiger partial charge on any atom is 0.263 e. The van der Waals surface area contributed by atoms with E-state index in [-0.39, 0.29) is 17.7 Å². The summed E-state index contributed by atoms with van der Waals surface area (Å²) in [6, 6.07) is 11.0. The quantitative estimate of drug-likeness (QED) is 0.657. The number of amides is 2. The summed E-state index contributed by atoms with van der Waals surface area (Å²) in [7, 11) is 1.92. The Morgan fingerprint density at radius 2 is 2.10 bits per heavy atom. The summed E-state index contributed by atoms with van der Waals surface area (Å²) in [5.74, 6) is 1.30. The molecule has 30 heavy (non-hydrogen) atoms.